The number of aliphatic hydroxyl groups excluding tert-OH is 1. The monoisotopic (exact) mass is 247 g/mol. The molecule has 1 aliphatic rings. The number of carbonyl (C=O) groups is 1. The summed E-state index contributed by atoms with van der Waals surface area (Å²) in [7, 11) is 0. The molecule has 3 nitrogen and oxygen atoms in total. The first kappa shape index (κ1) is 13.1. The molecule has 98 valence electrons. The Morgan fingerprint density at radius 1 is 1.33 bits per heavy atom. The summed E-state index contributed by atoms with van der Waals surface area (Å²) in [6.45, 7) is 4.47. The summed E-state index contributed by atoms with van der Waals surface area (Å²) in [5, 5.41) is 12.2. The topological polar surface area (TPSA) is 49.3 Å². The minimum absolute atomic E-state index is 0.0750. The number of aliphatic hydroxyl groups is 1. The van der Waals surface area contributed by atoms with Crippen molar-refractivity contribution in [2.75, 3.05) is 13.2 Å². The van der Waals surface area contributed by atoms with E-state index in [1.165, 1.54) is 0 Å². The molecule has 1 fully saturated rings. The molecule has 18 heavy (non-hydrogen) atoms. The number of carbonyl (C=O) groups excluding carboxylic acids is 1. The Kier molecular flexibility index (Phi) is 3.44. The van der Waals surface area contributed by atoms with Gasteiger partial charge in [-0.05, 0) is 18.4 Å². The first-order chi connectivity index (χ1) is 8.50. The fraction of sp³-hybridized carbons (Fsp3) is 0.533. The van der Waals surface area contributed by atoms with Gasteiger partial charge in [-0.25, -0.2) is 0 Å². The first-order valence-electron chi connectivity index (χ1n) is 6.45. The summed E-state index contributed by atoms with van der Waals surface area (Å²) in [6, 6.07) is 9.95. The predicted molar refractivity (Wildman–Crippen MR) is 71.2 cm³/mol. The molecular formula is C15H21NO2. The molecule has 0 aromatic heterocycles. The third kappa shape index (κ3) is 2.56. The van der Waals surface area contributed by atoms with Crippen molar-refractivity contribution in [3.8, 4) is 0 Å². The van der Waals surface area contributed by atoms with Crippen LogP contribution >= 0.6 is 0 Å². The van der Waals surface area contributed by atoms with Gasteiger partial charge >= 0.3 is 0 Å². The molecule has 3 heteroatoms. The van der Waals surface area contributed by atoms with E-state index in [9.17, 15) is 9.90 Å². The standard InChI is InChI=1S/C15H21NO2/c1-14(2,11-17)10-16-13(18)15(8-9-15)12-6-4-3-5-7-12/h3-7,17H,8-11H2,1-2H3,(H,16,18). The second kappa shape index (κ2) is 4.73. The van der Waals surface area contributed by atoms with Gasteiger partial charge < -0.3 is 10.4 Å². The maximum atomic E-state index is 12.3. The molecule has 2 rings (SSSR count). The van der Waals surface area contributed by atoms with Gasteiger partial charge in [0, 0.05) is 18.6 Å². The molecular weight excluding hydrogens is 226 g/mol. The van der Waals surface area contributed by atoms with E-state index in [1.807, 2.05) is 44.2 Å². The highest BCUT2D eigenvalue weighted by Gasteiger charge is 2.51. The lowest BCUT2D eigenvalue weighted by molar-refractivity contribution is -0.124. The quantitative estimate of drug-likeness (QED) is 0.834. The Labute approximate surface area is 108 Å². The molecule has 0 saturated heterocycles. The molecule has 0 aliphatic heterocycles. The molecule has 1 aromatic carbocycles. The third-order valence-corrected chi connectivity index (χ3v) is 3.67. The van der Waals surface area contributed by atoms with Gasteiger partial charge in [-0.15, -0.1) is 0 Å². The molecule has 1 aromatic rings. The second-order valence-corrected chi connectivity index (χ2v) is 5.95. The van der Waals surface area contributed by atoms with Crippen molar-refractivity contribution in [3.05, 3.63) is 35.9 Å². The van der Waals surface area contributed by atoms with Gasteiger partial charge in [0.05, 0.1) is 5.41 Å². The van der Waals surface area contributed by atoms with Crippen LogP contribution in [0.1, 0.15) is 32.3 Å². The normalized spacial score (nSPS) is 17.3. The Morgan fingerprint density at radius 3 is 2.44 bits per heavy atom. The van der Waals surface area contributed by atoms with Crippen LogP contribution in [0.5, 0.6) is 0 Å². The average molecular weight is 247 g/mol. The largest absolute Gasteiger partial charge is 0.396 e. The minimum atomic E-state index is -0.313. The van der Waals surface area contributed by atoms with Crippen LogP contribution in [0.25, 0.3) is 0 Å². The summed E-state index contributed by atoms with van der Waals surface area (Å²) < 4.78 is 0. The number of nitrogens with one attached hydrogen (secondary N) is 1. The summed E-state index contributed by atoms with van der Waals surface area (Å²) in [5.74, 6) is 0.0928. The zero-order valence-corrected chi connectivity index (χ0v) is 11.1. The van der Waals surface area contributed by atoms with E-state index < -0.39 is 0 Å². The minimum Gasteiger partial charge on any atom is -0.396 e. The van der Waals surface area contributed by atoms with Crippen molar-refractivity contribution in [1.82, 2.24) is 5.32 Å². The van der Waals surface area contributed by atoms with Gasteiger partial charge in [0.2, 0.25) is 5.91 Å². The zero-order chi connectivity index (χ0) is 13.2. The van der Waals surface area contributed by atoms with Gasteiger partial charge in [0.1, 0.15) is 0 Å². The van der Waals surface area contributed by atoms with Crippen molar-refractivity contribution < 1.29 is 9.90 Å². The van der Waals surface area contributed by atoms with E-state index in [0.29, 0.717) is 6.54 Å². The fourth-order valence-corrected chi connectivity index (χ4v) is 2.07. The van der Waals surface area contributed by atoms with Crippen LogP contribution in [-0.4, -0.2) is 24.2 Å². The van der Waals surface area contributed by atoms with Gasteiger partial charge in [0.25, 0.3) is 0 Å². The van der Waals surface area contributed by atoms with Crippen LogP contribution in [0, 0.1) is 5.41 Å². The smallest absolute Gasteiger partial charge is 0.230 e. The van der Waals surface area contributed by atoms with Crippen molar-refractivity contribution >= 4 is 5.91 Å². The number of rotatable bonds is 5. The van der Waals surface area contributed by atoms with Gasteiger partial charge in [0.15, 0.2) is 0 Å². The summed E-state index contributed by atoms with van der Waals surface area (Å²) in [6.07, 6.45) is 1.84. The molecule has 0 unspecified atom stereocenters. The molecule has 1 amide bonds. The number of benzene rings is 1. The van der Waals surface area contributed by atoms with Gasteiger partial charge in [-0.2, -0.15) is 0 Å². The van der Waals surface area contributed by atoms with E-state index in [0.717, 1.165) is 18.4 Å². The van der Waals surface area contributed by atoms with E-state index in [2.05, 4.69) is 5.32 Å². The molecule has 0 spiro atoms. The maximum absolute atomic E-state index is 12.3. The van der Waals surface area contributed by atoms with E-state index in [4.69, 9.17) is 0 Å². The molecule has 0 radical (unpaired) electrons. The van der Waals surface area contributed by atoms with Crippen LogP contribution in [0.2, 0.25) is 0 Å². The lowest BCUT2D eigenvalue weighted by atomic mass is 9.92. The lowest BCUT2D eigenvalue weighted by Crippen LogP contribution is -2.41. The Balaban J connectivity index is 2.02. The molecule has 0 atom stereocenters. The molecule has 1 saturated carbocycles. The molecule has 1 aliphatic carbocycles. The lowest BCUT2D eigenvalue weighted by Gasteiger charge is -2.24. The summed E-state index contributed by atoms with van der Waals surface area (Å²) >= 11 is 0. The number of amides is 1. The van der Waals surface area contributed by atoms with Gasteiger partial charge in [-0.1, -0.05) is 44.2 Å². The Hall–Kier alpha value is -1.35. The highest BCUT2D eigenvalue weighted by Crippen LogP contribution is 2.48. The summed E-state index contributed by atoms with van der Waals surface area (Å²) in [4.78, 5) is 12.3. The zero-order valence-electron chi connectivity index (χ0n) is 11.1. The fourth-order valence-electron chi connectivity index (χ4n) is 2.07. The van der Waals surface area contributed by atoms with Crippen LogP contribution in [0.3, 0.4) is 0 Å². The van der Waals surface area contributed by atoms with Crippen molar-refractivity contribution in [1.29, 1.82) is 0 Å². The Bertz CT molecular complexity index is 421. The second-order valence-electron chi connectivity index (χ2n) is 5.95. The molecule has 0 bridgehead atoms. The van der Waals surface area contributed by atoms with E-state index in [1.54, 1.807) is 0 Å². The van der Waals surface area contributed by atoms with E-state index in [-0.39, 0.29) is 23.3 Å². The highest BCUT2D eigenvalue weighted by atomic mass is 16.3. The Morgan fingerprint density at radius 2 is 1.94 bits per heavy atom. The highest BCUT2D eigenvalue weighted by molar-refractivity contribution is 5.91. The first-order valence-corrected chi connectivity index (χ1v) is 6.45. The van der Waals surface area contributed by atoms with Crippen LogP contribution in [-0.2, 0) is 10.2 Å². The average Bonchev–Trinajstić information content (AvgIpc) is 3.19. The van der Waals surface area contributed by atoms with Crippen molar-refractivity contribution in [3.63, 3.8) is 0 Å². The van der Waals surface area contributed by atoms with Crippen LogP contribution in [0.4, 0.5) is 0 Å². The van der Waals surface area contributed by atoms with E-state index >= 15 is 0 Å². The van der Waals surface area contributed by atoms with Gasteiger partial charge in [-0.3, -0.25) is 4.79 Å². The number of hydrogen-bond acceptors (Lipinski definition) is 2. The van der Waals surface area contributed by atoms with Crippen molar-refractivity contribution in [2.24, 2.45) is 5.41 Å². The maximum Gasteiger partial charge on any atom is 0.230 e. The van der Waals surface area contributed by atoms with Crippen LogP contribution in [0.15, 0.2) is 30.3 Å². The SMILES string of the molecule is CC(C)(CO)CNC(=O)C1(c2ccccc2)CC1. The summed E-state index contributed by atoms with van der Waals surface area (Å²) in [5.41, 5.74) is 0.527. The molecule has 2 N–H and O–H groups in total. The van der Waals surface area contributed by atoms with Crippen LogP contribution < -0.4 is 5.32 Å². The third-order valence-electron chi connectivity index (χ3n) is 3.67. The van der Waals surface area contributed by atoms with Crippen molar-refractivity contribution in [2.45, 2.75) is 32.1 Å². The molecule has 0 heterocycles. The number of hydrogen-bond donors (Lipinski definition) is 2. The predicted octanol–water partition coefficient (Wildman–Crippen LogP) is 1.85.